The van der Waals surface area contributed by atoms with Crippen LogP contribution < -0.4 is 5.32 Å². The molecule has 0 aromatic rings. The molecule has 8 fully saturated rings. The SMILES string of the molecule is C[C@H](CCC(=O)NCCS(=O)(=O)O)[C@H]1CCC2[C@@H]3[C@@H](CCCC[C@@H](C)[C@H]4CCC5[C@@H]6[C@@H](O)CC7C[C@H](O)CC[C@]7(C)[C@H]6CC[C@@]54C)CC4C[C@H](O)CC[C@]4(C)[C@H]3CC[C@@]21C. The lowest BCUT2D eigenvalue weighted by atomic mass is 9.42. The molecule has 5 N–H and O–H groups in total. The molecule has 0 aromatic carbocycles. The molecule has 0 bridgehead atoms. The van der Waals surface area contributed by atoms with Gasteiger partial charge in [0.05, 0.1) is 24.1 Å². The molecule has 0 heterocycles. The first-order chi connectivity index (χ1) is 28.3. The lowest BCUT2D eigenvalue weighted by Crippen LogP contribution is -2.58. The summed E-state index contributed by atoms with van der Waals surface area (Å²) in [5.41, 5.74) is 1.22. The molecule has 60 heavy (non-hydrogen) atoms. The van der Waals surface area contributed by atoms with E-state index in [1.54, 1.807) is 0 Å². The van der Waals surface area contributed by atoms with E-state index in [0.29, 0.717) is 64.6 Å². The van der Waals surface area contributed by atoms with Gasteiger partial charge < -0.3 is 20.6 Å². The van der Waals surface area contributed by atoms with Crippen LogP contribution in [0.5, 0.6) is 0 Å². The molecule has 20 atom stereocenters. The van der Waals surface area contributed by atoms with Gasteiger partial charge in [0.25, 0.3) is 10.1 Å². The molecule has 344 valence electrons. The number of unbranched alkanes of at least 4 members (excludes halogenated alkanes) is 1. The van der Waals surface area contributed by atoms with Crippen LogP contribution in [0.2, 0.25) is 0 Å². The Morgan fingerprint density at radius 2 is 1.13 bits per heavy atom. The number of nitrogens with one attached hydrogen (secondary N) is 1. The van der Waals surface area contributed by atoms with Crippen molar-refractivity contribution in [3.8, 4) is 0 Å². The van der Waals surface area contributed by atoms with Crippen molar-refractivity contribution in [2.45, 2.75) is 201 Å². The number of aliphatic hydroxyl groups excluding tert-OH is 3. The number of carbonyl (C=O) groups excluding carboxylic acids is 1. The van der Waals surface area contributed by atoms with Crippen molar-refractivity contribution in [3.63, 3.8) is 0 Å². The number of aliphatic hydroxyl groups is 3. The number of rotatable bonds is 13. The van der Waals surface area contributed by atoms with Crippen molar-refractivity contribution in [1.29, 1.82) is 0 Å². The Labute approximate surface area is 365 Å². The molecular weight excluding hydrogens is 771 g/mol. The second-order valence-corrected chi connectivity index (χ2v) is 26.1. The first-order valence-corrected chi connectivity index (χ1v) is 27.2. The van der Waals surface area contributed by atoms with Gasteiger partial charge in [-0.05, 0) is 208 Å². The fourth-order valence-electron chi connectivity index (χ4n) is 18.9. The summed E-state index contributed by atoms with van der Waals surface area (Å²) in [6, 6.07) is 0. The third-order valence-electron chi connectivity index (χ3n) is 22.0. The molecule has 8 nitrogen and oxygen atoms in total. The predicted molar refractivity (Wildman–Crippen MR) is 238 cm³/mol. The quantitative estimate of drug-likeness (QED) is 0.0917. The van der Waals surface area contributed by atoms with Crippen LogP contribution >= 0.6 is 0 Å². The second-order valence-electron chi connectivity index (χ2n) is 24.5. The molecule has 4 unspecified atom stereocenters. The smallest absolute Gasteiger partial charge is 0.266 e. The Morgan fingerprint density at radius 1 is 0.633 bits per heavy atom. The third-order valence-corrected chi connectivity index (χ3v) is 22.7. The van der Waals surface area contributed by atoms with E-state index < -0.39 is 15.9 Å². The van der Waals surface area contributed by atoms with Crippen molar-refractivity contribution < 1.29 is 33.1 Å². The maximum atomic E-state index is 12.7. The molecule has 8 aliphatic carbocycles. The average Bonchev–Trinajstić information content (AvgIpc) is 3.73. The fourth-order valence-corrected chi connectivity index (χ4v) is 19.3. The van der Waals surface area contributed by atoms with Gasteiger partial charge in [0.2, 0.25) is 5.91 Å². The number of fused-ring (bicyclic) bond motifs is 10. The standard InChI is InChI=1S/C51H87NO7S/c1-31(38-13-15-41-47-43(20-24-51(38,41)6)49(4)22-18-37(54)29-35(49)30-44(47)55)9-7-8-10-33-27-34-28-36(53)17-21-48(34,3)42-19-23-50(5)39(12-14-40(50)46(33)42)32(2)11-16-45(56)52-25-26-60(57,58)59/h31-44,46-47,53-55H,7-30H2,1-6H3,(H,52,56)(H,57,58,59)/t31-,32-,33+,34?,35?,36-,37-,38-,39-,40?,41?,42+,43+,44+,46+,47+,48+,49+,50-,51-/m1/s1. The maximum Gasteiger partial charge on any atom is 0.266 e. The summed E-state index contributed by atoms with van der Waals surface area (Å²) < 4.78 is 31.3. The summed E-state index contributed by atoms with van der Waals surface area (Å²) in [7, 11) is -4.09. The van der Waals surface area contributed by atoms with Crippen LogP contribution in [0, 0.1) is 98.6 Å². The van der Waals surface area contributed by atoms with Crippen molar-refractivity contribution in [2.24, 2.45) is 98.6 Å². The summed E-state index contributed by atoms with van der Waals surface area (Å²) >= 11 is 0. The Morgan fingerprint density at radius 3 is 1.72 bits per heavy atom. The molecule has 0 saturated heterocycles. The zero-order valence-corrected chi connectivity index (χ0v) is 39.4. The summed E-state index contributed by atoms with van der Waals surface area (Å²) in [4.78, 5) is 12.7. The second kappa shape index (κ2) is 17.2. The molecule has 8 saturated carbocycles. The van der Waals surface area contributed by atoms with E-state index >= 15 is 0 Å². The molecule has 0 aliphatic heterocycles. The summed E-state index contributed by atoms with van der Waals surface area (Å²) in [5, 5.41) is 36.0. The lowest BCUT2D eigenvalue weighted by Gasteiger charge is -2.63. The zero-order valence-electron chi connectivity index (χ0n) is 38.6. The number of amides is 1. The lowest BCUT2D eigenvalue weighted by molar-refractivity contribution is -0.174. The number of hydrogen-bond acceptors (Lipinski definition) is 6. The van der Waals surface area contributed by atoms with Crippen molar-refractivity contribution >= 4 is 16.0 Å². The van der Waals surface area contributed by atoms with E-state index in [1.807, 2.05) is 0 Å². The summed E-state index contributed by atoms with van der Waals surface area (Å²) in [6.07, 6.45) is 24.5. The van der Waals surface area contributed by atoms with E-state index in [9.17, 15) is 28.5 Å². The van der Waals surface area contributed by atoms with Gasteiger partial charge in [0.1, 0.15) is 0 Å². The minimum Gasteiger partial charge on any atom is -0.393 e. The minimum atomic E-state index is -4.09. The van der Waals surface area contributed by atoms with Gasteiger partial charge in [-0.3, -0.25) is 9.35 Å². The van der Waals surface area contributed by atoms with Crippen LogP contribution in [0.15, 0.2) is 0 Å². The molecule has 0 spiro atoms. The van der Waals surface area contributed by atoms with Gasteiger partial charge in [-0.15, -0.1) is 0 Å². The third kappa shape index (κ3) is 8.25. The highest BCUT2D eigenvalue weighted by atomic mass is 32.2. The minimum absolute atomic E-state index is 0.0465. The van der Waals surface area contributed by atoms with Gasteiger partial charge in [0, 0.05) is 13.0 Å². The van der Waals surface area contributed by atoms with E-state index in [-0.39, 0.29) is 41.6 Å². The van der Waals surface area contributed by atoms with Crippen LogP contribution in [0.3, 0.4) is 0 Å². The number of carbonyl (C=O) groups is 1. The zero-order chi connectivity index (χ0) is 43.0. The van der Waals surface area contributed by atoms with Gasteiger partial charge in [-0.2, -0.15) is 8.42 Å². The Balaban J connectivity index is 0.898. The Kier molecular flexibility index (Phi) is 13.2. The average molecular weight is 858 g/mol. The monoisotopic (exact) mass is 858 g/mol. The van der Waals surface area contributed by atoms with E-state index in [2.05, 4.69) is 46.9 Å². The molecule has 0 radical (unpaired) electrons. The molecule has 8 rings (SSSR count). The fraction of sp³-hybridized carbons (Fsp3) is 0.980. The van der Waals surface area contributed by atoms with Crippen LogP contribution in [0.4, 0.5) is 0 Å². The van der Waals surface area contributed by atoms with Crippen LogP contribution in [-0.4, -0.2) is 64.8 Å². The van der Waals surface area contributed by atoms with Crippen LogP contribution in [0.25, 0.3) is 0 Å². The van der Waals surface area contributed by atoms with Gasteiger partial charge in [-0.1, -0.05) is 67.2 Å². The molecular formula is C51H87NO7S. The molecule has 0 aromatic heterocycles. The van der Waals surface area contributed by atoms with Crippen LogP contribution in [0.1, 0.15) is 183 Å². The van der Waals surface area contributed by atoms with Crippen molar-refractivity contribution in [3.05, 3.63) is 0 Å². The van der Waals surface area contributed by atoms with Gasteiger partial charge in [0.15, 0.2) is 0 Å². The van der Waals surface area contributed by atoms with E-state index in [0.717, 1.165) is 74.5 Å². The van der Waals surface area contributed by atoms with Gasteiger partial charge in [-0.25, -0.2) is 0 Å². The molecule has 1 amide bonds. The topological polar surface area (TPSA) is 144 Å². The summed E-state index contributed by atoms with van der Waals surface area (Å²) in [5.74, 6) is 7.62. The number of hydrogen-bond donors (Lipinski definition) is 5. The van der Waals surface area contributed by atoms with Crippen molar-refractivity contribution in [2.75, 3.05) is 12.3 Å². The highest BCUT2D eigenvalue weighted by Crippen LogP contribution is 2.71. The van der Waals surface area contributed by atoms with Crippen LogP contribution in [-0.2, 0) is 14.9 Å². The largest absolute Gasteiger partial charge is 0.393 e. The normalized spacial score (nSPS) is 49.6. The molecule has 9 heteroatoms. The predicted octanol–water partition coefficient (Wildman–Crippen LogP) is 9.84. The van der Waals surface area contributed by atoms with E-state index in [1.165, 1.54) is 89.9 Å². The highest BCUT2D eigenvalue weighted by Gasteiger charge is 2.64. The molecule has 8 aliphatic rings. The first kappa shape index (κ1) is 45.8. The van der Waals surface area contributed by atoms with E-state index in [4.69, 9.17) is 4.55 Å². The Hall–Kier alpha value is -0.740. The van der Waals surface area contributed by atoms with Crippen molar-refractivity contribution in [1.82, 2.24) is 5.32 Å². The first-order valence-electron chi connectivity index (χ1n) is 25.5. The highest BCUT2D eigenvalue weighted by molar-refractivity contribution is 7.85. The summed E-state index contributed by atoms with van der Waals surface area (Å²) in [6.45, 7) is 15.3. The Bertz CT molecular complexity index is 1640. The maximum absolute atomic E-state index is 12.7. The van der Waals surface area contributed by atoms with Gasteiger partial charge >= 0.3 is 0 Å².